The zero-order valence-corrected chi connectivity index (χ0v) is 11.6. The molecule has 0 aromatic heterocycles. The van der Waals surface area contributed by atoms with E-state index in [0.717, 1.165) is 18.4 Å². The van der Waals surface area contributed by atoms with Crippen molar-refractivity contribution in [3.63, 3.8) is 0 Å². The molecule has 0 aliphatic heterocycles. The number of anilines is 1. The summed E-state index contributed by atoms with van der Waals surface area (Å²) in [5.74, 6) is 0.447. The number of benzene rings is 1. The van der Waals surface area contributed by atoms with Crippen molar-refractivity contribution in [2.45, 2.75) is 46.5 Å². The van der Waals surface area contributed by atoms with E-state index in [0.29, 0.717) is 24.0 Å². The number of halogens is 1. The highest BCUT2D eigenvalue weighted by Crippen LogP contribution is 2.24. The van der Waals surface area contributed by atoms with Crippen molar-refractivity contribution >= 4 is 5.69 Å². The van der Waals surface area contributed by atoms with Gasteiger partial charge in [0.1, 0.15) is 0 Å². The second-order valence-electron chi connectivity index (χ2n) is 4.87. The lowest BCUT2D eigenvalue weighted by atomic mass is 10.0. The molecule has 1 aromatic rings. The molecule has 0 aliphatic carbocycles. The van der Waals surface area contributed by atoms with E-state index in [1.165, 1.54) is 18.9 Å². The highest BCUT2D eigenvalue weighted by molar-refractivity contribution is 5.50. The first kappa shape index (κ1) is 14.8. The second kappa shape index (κ2) is 7.24. The fraction of sp³-hybridized carbons (Fsp3) is 0.600. The zero-order valence-electron chi connectivity index (χ0n) is 11.6. The molecule has 1 aromatic carbocycles. The molecule has 3 heteroatoms. The Hall–Kier alpha value is -1.25. The number of rotatable bonds is 7. The number of unbranched alkanes of at least 4 members (excludes halogenated alkanes) is 1. The number of ether oxygens (including phenoxy) is 1. The van der Waals surface area contributed by atoms with Gasteiger partial charge in [-0.1, -0.05) is 33.1 Å². The van der Waals surface area contributed by atoms with Crippen LogP contribution < -0.4 is 10.5 Å². The van der Waals surface area contributed by atoms with Gasteiger partial charge in [0.2, 0.25) is 0 Å². The quantitative estimate of drug-likeness (QED) is 0.735. The van der Waals surface area contributed by atoms with E-state index in [-0.39, 0.29) is 5.82 Å². The van der Waals surface area contributed by atoms with Crippen LogP contribution in [-0.2, 0) is 0 Å². The van der Waals surface area contributed by atoms with Crippen LogP contribution in [0.5, 0.6) is 5.75 Å². The fourth-order valence-corrected chi connectivity index (χ4v) is 1.89. The van der Waals surface area contributed by atoms with Crippen LogP contribution in [-0.4, -0.2) is 6.61 Å². The summed E-state index contributed by atoms with van der Waals surface area (Å²) in [6.07, 6.45) is 4.59. The summed E-state index contributed by atoms with van der Waals surface area (Å²) < 4.78 is 19.2. The normalized spacial score (nSPS) is 12.4. The minimum atomic E-state index is -0.372. The first-order chi connectivity index (χ1) is 8.58. The molecule has 1 unspecified atom stereocenters. The molecule has 2 N–H and O–H groups in total. The number of nitrogens with two attached hydrogens (primary N) is 1. The Labute approximate surface area is 109 Å². The molecule has 18 heavy (non-hydrogen) atoms. The van der Waals surface area contributed by atoms with Crippen LogP contribution in [0, 0.1) is 18.7 Å². The maximum absolute atomic E-state index is 13.6. The maximum Gasteiger partial charge on any atom is 0.167 e. The Morgan fingerprint density at radius 1 is 1.33 bits per heavy atom. The molecule has 1 atom stereocenters. The minimum absolute atomic E-state index is 0.316. The predicted molar refractivity (Wildman–Crippen MR) is 74.4 cm³/mol. The van der Waals surface area contributed by atoms with Gasteiger partial charge in [0.05, 0.1) is 6.61 Å². The van der Waals surface area contributed by atoms with Gasteiger partial charge in [-0.15, -0.1) is 0 Å². The molecule has 0 saturated carbocycles. The Balaban J connectivity index is 2.59. The summed E-state index contributed by atoms with van der Waals surface area (Å²) in [7, 11) is 0. The SMILES string of the molecule is CCCCC(CC)COc1cc(C)c(N)cc1F. The third kappa shape index (κ3) is 4.21. The summed E-state index contributed by atoms with van der Waals surface area (Å²) in [6.45, 7) is 6.76. The molecule has 2 nitrogen and oxygen atoms in total. The molecular formula is C15H24FNO. The van der Waals surface area contributed by atoms with Gasteiger partial charge in [0.15, 0.2) is 11.6 Å². The summed E-state index contributed by atoms with van der Waals surface area (Å²) in [5, 5.41) is 0. The van der Waals surface area contributed by atoms with Crippen molar-refractivity contribution in [2.75, 3.05) is 12.3 Å². The monoisotopic (exact) mass is 253 g/mol. The van der Waals surface area contributed by atoms with E-state index >= 15 is 0 Å². The Bertz CT molecular complexity index is 379. The summed E-state index contributed by atoms with van der Waals surface area (Å²) >= 11 is 0. The first-order valence-corrected chi connectivity index (χ1v) is 6.76. The Morgan fingerprint density at radius 3 is 2.67 bits per heavy atom. The highest BCUT2D eigenvalue weighted by atomic mass is 19.1. The number of aryl methyl sites for hydroxylation is 1. The van der Waals surface area contributed by atoms with Gasteiger partial charge in [0, 0.05) is 11.8 Å². The molecule has 0 saturated heterocycles. The molecule has 102 valence electrons. The van der Waals surface area contributed by atoms with Crippen molar-refractivity contribution in [3.8, 4) is 5.75 Å². The van der Waals surface area contributed by atoms with Crippen LogP contribution in [0.2, 0.25) is 0 Å². The van der Waals surface area contributed by atoms with E-state index in [1.54, 1.807) is 6.07 Å². The van der Waals surface area contributed by atoms with Gasteiger partial charge >= 0.3 is 0 Å². The van der Waals surface area contributed by atoms with E-state index in [4.69, 9.17) is 10.5 Å². The number of hydrogen-bond donors (Lipinski definition) is 1. The van der Waals surface area contributed by atoms with E-state index in [1.807, 2.05) is 6.92 Å². The molecule has 0 bridgehead atoms. The molecular weight excluding hydrogens is 229 g/mol. The zero-order chi connectivity index (χ0) is 13.5. The standard InChI is InChI=1S/C15H24FNO/c1-4-6-7-12(5-2)10-18-15-8-11(3)14(17)9-13(15)16/h8-9,12H,4-7,10,17H2,1-3H3. The third-order valence-electron chi connectivity index (χ3n) is 3.34. The smallest absolute Gasteiger partial charge is 0.167 e. The first-order valence-electron chi connectivity index (χ1n) is 6.76. The van der Waals surface area contributed by atoms with Crippen LogP contribution >= 0.6 is 0 Å². The predicted octanol–water partition coefficient (Wildman–Crippen LogP) is 4.31. The Morgan fingerprint density at radius 2 is 2.06 bits per heavy atom. The molecule has 0 heterocycles. The van der Waals surface area contributed by atoms with E-state index < -0.39 is 0 Å². The minimum Gasteiger partial charge on any atom is -0.490 e. The number of nitrogen functional groups attached to an aromatic ring is 1. The lowest BCUT2D eigenvalue weighted by Gasteiger charge is -2.16. The highest BCUT2D eigenvalue weighted by Gasteiger charge is 2.10. The topological polar surface area (TPSA) is 35.2 Å². The van der Waals surface area contributed by atoms with Crippen LogP contribution in [0.4, 0.5) is 10.1 Å². The van der Waals surface area contributed by atoms with Gasteiger partial charge in [-0.2, -0.15) is 0 Å². The fourth-order valence-electron chi connectivity index (χ4n) is 1.89. The van der Waals surface area contributed by atoms with Gasteiger partial charge in [-0.05, 0) is 30.9 Å². The van der Waals surface area contributed by atoms with Crippen LogP contribution in [0.1, 0.15) is 45.1 Å². The van der Waals surface area contributed by atoms with Crippen LogP contribution in [0.25, 0.3) is 0 Å². The molecule has 0 aliphatic rings. The molecule has 0 spiro atoms. The van der Waals surface area contributed by atoms with Crippen LogP contribution in [0.3, 0.4) is 0 Å². The average Bonchev–Trinajstić information content (AvgIpc) is 2.35. The van der Waals surface area contributed by atoms with Gasteiger partial charge in [0.25, 0.3) is 0 Å². The lowest BCUT2D eigenvalue weighted by molar-refractivity contribution is 0.225. The molecule has 0 amide bonds. The van der Waals surface area contributed by atoms with Crippen molar-refractivity contribution < 1.29 is 9.13 Å². The molecule has 1 rings (SSSR count). The lowest BCUT2D eigenvalue weighted by Crippen LogP contribution is -2.12. The van der Waals surface area contributed by atoms with E-state index in [9.17, 15) is 4.39 Å². The van der Waals surface area contributed by atoms with Crippen LogP contribution in [0.15, 0.2) is 12.1 Å². The summed E-state index contributed by atoms with van der Waals surface area (Å²) in [4.78, 5) is 0. The second-order valence-corrected chi connectivity index (χ2v) is 4.87. The molecule has 0 fully saturated rings. The van der Waals surface area contributed by atoms with Crippen molar-refractivity contribution in [3.05, 3.63) is 23.5 Å². The maximum atomic E-state index is 13.6. The summed E-state index contributed by atoms with van der Waals surface area (Å²) in [6, 6.07) is 3.01. The van der Waals surface area contributed by atoms with Crippen molar-refractivity contribution in [1.82, 2.24) is 0 Å². The third-order valence-corrected chi connectivity index (χ3v) is 3.34. The van der Waals surface area contributed by atoms with Crippen molar-refractivity contribution in [2.24, 2.45) is 5.92 Å². The largest absolute Gasteiger partial charge is 0.490 e. The average molecular weight is 253 g/mol. The molecule has 0 radical (unpaired) electrons. The van der Waals surface area contributed by atoms with Gasteiger partial charge in [-0.25, -0.2) is 4.39 Å². The Kier molecular flexibility index (Phi) is 5.96. The van der Waals surface area contributed by atoms with Gasteiger partial charge < -0.3 is 10.5 Å². The van der Waals surface area contributed by atoms with Crippen molar-refractivity contribution in [1.29, 1.82) is 0 Å². The summed E-state index contributed by atoms with van der Waals surface area (Å²) in [5.41, 5.74) is 6.97. The van der Waals surface area contributed by atoms with Gasteiger partial charge in [-0.3, -0.25) is 0 Å². The van der Waals surface area contributed by atoms with E-state index in [2.05, 4.69) is 13.8 Å². The number of hydrogen-bond acceptors (Lipinski definition) is 2.